The Morgan fingerprint density at radius 1 is 0.880 bits per heavy atom. The normalized spacial score (nSPS) is 10.6. The molecule has 0 fully saturated rings. The van der Waals surface area contributed by atoms with Gasteiger partial charge in [-0.05, 0) is 42.8 Å². The van der Waals surface area contributed by atoms with Gasteiger partial charge in [-0.25, -0.2) is 0 Å². The number of carbonyl (C=O) groups excluding carboxylic acids is 1. The molecule has 0 aliphatic rings. The Morgan fingerprint density at radius 3 is 2.32 bits per heavy atom. The molecule has 3 rings (SSSR count). The lowest BCUT2D eigenvalue weighted by Crippen LogP contribution is -2.08. The SMILES string of the molecule is Cc1ccc(Oc2ccccc2NC(=O)/C=C/c2ccccc2)cc1. The lowest BCUT2D eigenvalue weighted by atomic mass is 10.2. The molecule has 0 spiro atoms. The van der Waals surface area contributed by atoms with Crippen LogP contribution < -0.4 is 10.1 Å². The summed E-state index contributed by atoms with van der Waals surface area (Å²) in [6.07, 6.45) is 3.29. The molecule has 3 aromatic rings. The van der Waals surface area contributed by atoms with Crippen molar-refractivity contribution in [3.63, 3.8) is 0 Å². The van der Waals surface area contributed by atoms with Gasteiger partial charge in [-0.2, -0.15) is 0 Å². The van der Waals surface area contributed by atoms with Crippen LogP contribution in [0.4, 0.5) is 5.69 Å². The highest BCUT2D eigenvalue weighted by atomic mass is 16.5. The van der Waals surface area contributed by atoms with Crippen molar-refractivity contribution in [1.82, 2.24) is 0 Å². The Morgan fingerprint density at radius 2 is 1.56 bits per heavy atom. The fourth-order valence-electron chi connectivity index (χ4n) is 2.30. The third-order valence-corrected chi connectivity index (χ3v) is 3.62. The summed E-state index contributed by atoms with van der Waals surface area (Å²) in [5, 5.41) is 2.86. The fraction of sp³-hybridized carbons (Fsp3) is 0.0455. The van der Waals surface area contributed by atoms with Gasteiger partial charge in [0.1, 0.15) is 5.75 Å². The Kier molecular flexibility index (Phi) is 5.27. The van der Waals surface area contributed by atoms with Crippen LogP contribution in [0.15, 0.2) is 84.9 Å². The van der Waals surface area contributed by atoms with Gasteiger partial charge in [0.2, 0.25) is 5.91 Å². The molecule has 0 aromatic heterocycles. The van der Waals surface area contributed by atoms with Crippen LogP contribution in [0.2, 0.25) is 0 Å². The third kappa shape index (κ3) is 4.82. The predicted molar refractivity (Wildman–Crippen MR) is 102 cm³/mol. The molecule has 0 unspecified atom stereocenters. The lowest BCUT2D eigenvalue weighted by Gasteiger charge is -2.11. The number of anilines is 1. The van der Waals surface area contributed by atoms with Crippen molar-refractivity contribution in [2.45, 2.75) is 6.92 Å². The first-order chi connectivity index (χ1) is 12.2. The second-order valence-electron chi connectivity index (χ2n) is 5.64. The van der Waals surface area contributed by atoms with E-state index in [2.05, 4.69) is 5.32 Å². The van der Waals surface area contributed by atoms with Crippen molar-refractivity contribution in [2.75, 3.05) is 5.32 Å². The maximum absolute atomic E-state index is 12.2. The smallest absolute Gasteiger partial charge is 0.248 e. The molecule has 0 saturated heterocycles. The van der Waals surface area contributed by atoms with E-state index in [0.29, 0.717) is 11.4 Å². The number of hydrogen-bond donors (Lipinski definition) is 1. The average Bonchev–Trinajstić information content (AvgIpc) is 2.64. The Bertz CT molecular complexity index is 868. The van der Waals surface area contributed by atoms with E-state index >= 15 is 0 Å². The van der Waals surface area contributed by atoms with Crippen LogP contribution in [0, 0.1) is 6.92 Å². The summed E-state index contributed by atoms with van der Waals surface area (Å²) in [4.78, 5) is 12.2. The van der Waals surface area contributed by atoms with E-state index in [-0.39, 0.29) is 5.91 Å². The molecule has 3 nitrogen and oxygen atoms in total. The van der Waals surface area contributed by atoms with Crippen LogP contribution in [-0.2, 0) is 4.79 Å². The summed E-state index contributed by atoms with van der Waals surface area (Å²) >= 11 is 0. The number of rotatable bonds is 5. The molecule has 1 amide bonds. The average molecular weight is 329 g/mol. The molecule has 0 aliphatic carbocycles. The van der Waals surface area contributed by atoms with E-state index in [0.717, 1.165) is 11.3 Å². The van der Waals surface area contributed by atoms with E-state index in [9.17, 15) is 4.79 Å². The molecule has 0 heterocycles. The van der Waals surface area contributed by atoms with Crippen molar-refractivity contribution in [3.05, 3.63) is 96.1 Å². The van der Waals surface area contributed by atoms with Gasteiger partial charge in [0.15, 0.2) is 5.75 Å². The maximum atomic E-state index is 12.2. The van der Waals surface area contributed by atoms with Crippen LogP contribution in [0.25, 0.3) is 6.08 Å². The van der Waals surface area contributed by atoms with Crippen molar-refractivity contribution in [2.24, 2.45) is 0 Å². The van der Waals surface area contributed by atoms with Gasteiger partial charge in [0, 0.05) is 6.08 Å². The van der Waals surface area contributed by atoms with Crippen LogP contribution in [0.1, 0.15) is 11.1 Å². The Labute approximate surface area is 147 Å². The largest absolute Gasteiger partial charge is 0.455 e. The van der Waals surface area contributed by atoms with Crippen LogP contribution in [-0.4, -0.2) is 5.91 Å². The van der Waals surface area contributed by atoms with Gasteiger partial charge < -0.3 is 10.1 Å². The van der Waals surface area contributed by atoms with Gasteiger partial charge in [-0.1, -0.05) is 60.2 Å². The summed E-state index contributed by atoms with van der Waals surface area (Å²) in [6.45, 7) is 2.02. The number of amides is 1. The van der Waals surface area contributed by atoms with E-state index in [1.807, 2.05) is 85.8 Å². The molecule has 124 valence electrons. The van der Waals surface area contributed by atoms with E-state index in [1.54, 1.807) is 6.08 Å². The summed E-state index contributed by atoms with van der Waals surface area (Å²) in [5.41, 5.74) is 2.77. The first-order valence-electron chi connectivity index (χ1n) is 8.08. The zero-order valence-electron chi connectivity index (χ0n) is 14.0. The van der Waals surface area contributed by atoms with Gasteiger partial charge in [-0.3, -0.25) is 4.79 Å². The minimum atomic E-state index is -0.205. The van der Waals surface area contributed by atoms with Crippen LogP contribution >= 0.6 is 0 Å². The molecule has 0 bridgehead atoms. The molecule has 0 saturated carbocycles. The van der Waals surface area contributed by atoms with Crippen molar-refractivity contribution >= 4 is 17.7 Å². The molecule has 1 N–H and O–H groups in total. The summed E-state index contributed by atoms with van der Waals surface area (Å²) < 4.78 is 5.89. The number of ether oxygens (including phenoxy) is 1. The minimum Gasteiger partial charge on any atom is -0.455 e. The summed E-state index contributed by atoms with van der Waals surface area (Å²) in [6, 6.07) is 24.9. The van der Waals surface area contributed by atoms with E-state index in [1.165, 1.54) is 11.6 Å². The van der Waals surface area contributed by atoms with Crippen LogP contribution in [0.5, 0.6) is 11.5 Å². The summed E-state index contributed by atoms with van der Waals surface area (Å²) in [5.74, 6) is 1.13. The number of para-hydroxylation sites is 2. The van der Waals surface area contributed by atoms with Crippen molar-refractivity contribution in [3.8, 4) is 11.5 Å². The second-order valence-corrected chi connectivity index (χ2v) is 5.64. The Balaban J connectivity index is 1.71. The zero-order chi connectivity index (χ0) is 17.5. The summed E-state index contributed by atoms with van der Waals surface area (Å²) in [7, 11) is 0. The molecule has 3 aromatic carbocycles. The zero-order valence-corrected chi connectivity index (χ0v) is 14.0. The van der Waals surface area contributed by atoms with Crippen molar-refractivity contribution in [1.29, 1.82) is 0 Å². The van der Waals surface area contributed by atoms with Crippen LogP contribution in [0.3, 0.4) is 0 Å². The topological polar surface area (TPSA) is 38.3 Å². The number of aryl methyl sites for hydroxylation is 1. The van der Waals surface area contributed by atoms with E-state index in [4.69, 9.17) is 4.74 Å². The molecular formula is C22H19NO2. The standard InChI is InChI=1S/C22H19NO2/c1-17-11-14-19(15-12-17)25-21-10-6-5-9-20(21)23-22(24)16-13-18-7-3-2-4-8-18/h2-16H,1H3,(H,23,24)/b16-13+. The number of carbonyl (C=O) groups is 1. The minimum absolute atomic E-state index is 0.205. The fourth-order valence-corrected chi connectivity index (χ4v) is 2.30. The van der Waals surface area contributed by atoms with Crippen molar-refractivity contribution < 1.29 is 9.53 Å². The number of benzene rings is 3. The Hall–Kier alpha value is -3.33. The second kappa shape index (κ2) is 7.97. The molecule has 25 heavy (non-hydrogen) atoms. The van der Waals surface area contributed by atoms with E-state index < -0.39 is 0 Å². The maximum Gasteiger partial charge on any atom is 0.248 e. The number of nitrogens with one attached hydrogen (secondary N) is 1. The van der Waals surface area contributed by atoms with Gasteiger partial charge in [0.25, 0.3) is 0 Å². The highest BCUT2D eigenvalue weighted by Crippen LogP contribution is 2.29. The molecule has 3 heteroatoms. The van der Waals surface area contributed by atoms with Gasteiger partial charge in [0.05, 0.1) is 5.69 Å². The molecule has 0 radical (unpaired) electrons. The third-order valence-electron chi connectivity index (χ3n) is 3.62. The lowest BCUT2D eigenvalue weighted by molar-refractivity contribution is -0.111. The monoisotopic (exact) mass is 329 g/mol. The first kappa shape index (κ1) is 16.5. The molecule has 0 atom stereocenters. The quantitative estimate of drug-likeness (QED) is 0.633. The first-order valence-corrected chi connectivity index (χ1v) is 8.08. The highest BCUT2D eigenvalue weighted by Gasteiger charge is 2.06. The number of hydrogen-bond acceptors (Lipinski definition) is 2. The molecule has 0 aliphatic heterocycles. The molecular weight excluding hydrogens is 310 g/mol. The predicted octanol–water partition coefficient (Wildman–Crippen LogP) is 5.44. The highest BCUT2D eigenvalue weighted by molar-refractivity contribution is 6.02. The van der Waals surface area contributed by atoms with Gasteiger partial charge in [-0.15, -0.1) is 0 Å². The van der Waals surface area contributed by atoms with Gasteiger partial charge >= 0.3 is 0 Å².